The average Bonchev–Trinajstić information content (AvgIpc) is 3.28. The molecule has 2 fully saturated rings. The van der Waals surface area contributed by atoms with Crippen LogP contribution in [0, 0.1) is 11.8 Å². The van der Waals surface area contributed by atoms with Crippen LogP contribution in [0.4, 0.5) is 11.4 Å². The molecule has 8 heteroatoms. The maximum absolute atomic E-state index is 13.5. The fourth-order valence-corrected chi connectivity index (χ4v) is 5.06. The highest BCUT2D eigenvalue weighted by molar-refractivity contribution is 6.31. The summed E-state index contributed by atoms with van der Waals surface area (Å²) in [5, 5.41) is 14.9. The van der Waals surface area contributed by atoms with E-state index in [-0.39, 0.29) is 12.5 Å². The lowest BCUT2D eigenvalue weighted by molar-refractivity contribution is -0.734. The molecule has 7 nitrogen and oxygen atoms in total. The van der Waals surface area contributed by atoms with Crippen molar-refractivity contribution < 1.29 is 24.8 Å². The predicted octanol–water partition coefficient (Wildman–Crippen LogP) is 0.231. The molecular weight excluding hydrogens is 382 g/mol. The first-order valence-electron chi connectivity index (χ1n) is 9.00. The summed E-state index contributed by atoms with van der Waals surface area (Å²) in [5.74, 6) is -2.85. The fraction of sp³-hybridized carbons (Fsp3) is 0.250. The second kappa shape index (κ2) is 5.88. The third-order valence-corrected chi connectivity index (χ3v) is 6.32. The molecule has 4 N–H and O–H groups in total. The Balaban J connectivity index is 1.67. The van der Waals surface area contributed by atoms with Crippen molar-refractivity contribution in [2.75, 3.05) is 16.8 Å². The molecule has 2 saturated heterocycles. The van der Waals surface area contributed by atoms with Crippen molar-refractivity contribution in [3.63, 3.8) is 0 Å². The molecule has 28 heavy (non-hydrogen) atoms. The molecule has 3 aliphatic rings. The van der Waals surface area contributed by atoms with E-state index < -0.39 is 35.2 Å². The molecule has 0 aliphatic carbocycles. The van der Waals surface area contributed by atoms with Crippen molar-refractivity contribution in [2.24, 2.45) is 11.8 Å². The van der Waals surface area contributed by atoms with Crippen LogP contribution in [0.15, 0.2) is 48.5 Å². The SMILES string of the molecule is O=C1[C@H]2[C@@H](C(=O)N1c1ccc(Cl)cc1)[C@@]1([NH2+][C@@H]2CO)C(=O)Nc2ccccc21. The molecule has 5 rings (SSSR count). The first-order valence-corrected chi connectivity index (χ1v) is 9.38. The summed E-state index contributed by atoms with van der Waals surface area (Å²) < 4.78 is 0. The van der Waals surface area contributed by atoms with Gasteiger partial charge in [-0.15, -0.1) is 0 Å². The molecule has 2 aromatic rings. The van der Waals surface area contributed by atoms with Gasteiger partial charge < -0.3 is 15.7 Å². The van der Waals surface area contributed by atoms with Crippen molar-refractivity contribution in [3.05, 3.63) is 59.1 Å². The lowest BCUT2D eigenvalue weighted by Crippen LogP contribution is -2.99. The second-order valence-electron chi connectivity index (χ2n) is 7.37. The first kappa shape index (κ1) is 17.4. The van der Waals surface area contributed by atoms with Gasteiger partial charge in [0.2, 0.25) is 17.4 Å². The number of imide groups is 1. The number of carbonyl (C=O) groups is 3. The number of fused-ring (bicyclic) bond motifs is 4. The first-order chi connectivity index (χ1) is 13.5. The Bertz CT molecular complexity index is 1020. The Morgan fingerprint density at radius 3 is 2.50 bits per heavy atom. The van der Waals surface area contributed by atoms with Crippen LogP contribution < -0.4 is 15.5 Å². The largest absolute Gasteiger partial charge is 0.390 e. The number of nitrogens with two attached hydrogens (primary N) is 1. The molecule has 0 saturated carbocycles. The van der Waals surface area contributed by atoms with E-state index in [1.165, 1.54) is 0 Å². The van der Waals surface area contributed by atoms with Crippen LogP contribution in [0.3, 0.4) is 0 Å². The minimum Gasteiger partial charge on any atom is -0.390 e. The van der Waals surface area contributed by atoms with Crippen molar-refractivity contribution in [3.8, 4) is 0 Å². The van der Waals surface area contributed by atoms with Gasteiger partial charge >= 0.3 is 0 Å². The number of anilines is 2. The van der Waals surface area contributed by atoms with E-state index in [4.69, 9.17) is 11.6 Å². The maximum Gasteiger partial charge on any atom is 0.291 e. The monoisotopic (exact) mass is 398 g/mol. The lowest BCUT2D eigenvalue weighted by Gasteiger charge is -2.26. The number of carbonyl (C=O) groups excluding carboxylic acids is 3. The topological polar surface area (TPSA) is 103 Å². The van der Waals surface area contributed by atoms with Crippen LogP contribution in [-0.4, -0.2) is 35.5 Å². The third kappa shape index (κ3) is 2.03. The summed E-state index contributed by atoms with van der Waals surface area (Å²) in [6.07, 6.45) is 0. The molecule has 0 radical (unpaired) electrons. The minimum absolute atomic E-state index is 0.314. The molecule has 0 aromatic heterocycles. The molecule has 142 valence electrons. The zero-order valence-electron chi connectivity index (χ0n) is 14.6. The van der Waals surface area contributed by atoms with E-state index >= 15 is 0 Å². The summed E-state index contributed by atoms with van der Waals surface area (Å²) in [4.78, 5) is 40.9. The number of aliphatic hydroxyl groups is 1. The summed E-state index contributed by atoms with van der Waals surface area (Å²) in [7, 11) is 0. The molecule has 3 heterocycles. The van der Waals surface area contributed by atoms with E-state index in [1.807, 2.05) is 0 Å². The van der Waals surface area contributed by atoms with Gasteiger partial charge in [-0.05, 0) is 30.3 Å². The number of para-hydroxylation sites is 1. The van der Waals surface area contributed by atoms with Gasteiger partial charge in [0.25, 0.3) is 5.91 Å². The quantitative estimate of drug-likeness (QED) is 0.630. The van der Waals surface area contributed by atoms with Gasteiger partial charge in [0.15, 0.2) is 0 Å². The highest BCUT2D eigenvalue weighted by Gasteiger charge is 2.74. The van der Waals surface area contributed by atoms with Crippen molar-refractivity contribution in [1.82, 2.24) is 0 Å². The van der Waals surface area contributed by atoms with Gasteiger partial charge in [-0.2, -0.15) is 0 Å². The number of aliphatic hydroxyl groups excluding tert-OH is 1. The Morgan fingerprint density at radius 2 is 1.79 bits per heavy atom. The van der Waals surface area contributed by atoms with Gasteiger partial charge in [0.05, 0.1) is 18.0 Å². The maximum atomic E-state index is 13.5. The molecule has 1 spiro atoms. The van der Waals surface area contributed by atoms with Crippen molar-refractivity contribution >= 4 is 40.7 Å². The van der Waals surface area contributed by atoms with Crippen LogP contribution in [0.1, 0.15) is 5.56 Å². The van der Waals surface area contributed by atoms with E-state index in [2.05, 4.69) is 5.32 Å². The Kier molecular flexibility index (Phi) is 3.64. The Labute approximate surface area is 165 Å². The summed E-state index contributed by atoms with van der Waals surface area (Å²) >= 11 is 5.93. The fourth-order valence-electron chi connectivity index (χ4n) is 4.93. The van der Waals surface area contributed by atoms with Gasteiger partial charge in [0, 0.05) is 10.6 Å². The van der Waals surface area contributed by atoms with Gasteiger partial charge in [-0.25, -0.2) is 4.90 Å². The van der Waals surface area contributed by atoms with Crippen molar-refractivity contribution in [2.45, 2.75) is 11.6 Å². The Hall–Kier alpha value is -2.74. The number of hydrogen-bond donors (Lipinski definition) is 3. The van der Waals surface area contributed by atoms with Crippen LogP contribution in [0.5, 0.6) is 0 Å². The second-order valence-corrected chi connectivity index (χ2v) is 7.81. The molecule has 3 aliphatic heterocycles. The highest BCUT2D eigenvalue weighted by Crippen LogP contribution is 2.49. The number of nitrogens with one attached hydrogen (secondary N) is 1. The summed E-state index contributed by atoms with van der Waals surface area (Å²) in [6.45, 7) is -0.314. The average molecular weight is 399 g/mol. The van der Waals surface area contributed by atoms with Gasteiger partial charge in [-0.3, -0.25) is 14.4 Å². The van der Waals surface area contributed by atoms with Crippen LogP contribution in [0.25, 0.3) is 0 Å². The Morgan fingerprint density at radius 1 is 1.07 bits per heavy atom. The zero-order chi connectivity index (χ0) is 19.6. The number of hydrogen-bond acceptors (Lipinski definition) is 4. The summed E-state index contributed by atoms with van der Waals surface area (Å²) in [5.41, 5.74) is 0.450. The van der Waals surface area contributed by atoms with E-state index in [0.29, 0.717) is 22.0 Å². The third-order valence-electron chi connectivity index (χ3n) is 6.07. The van der Waals surface area contributed by atoms with E-state index in [1.54, 1.807) is 53.8 Å². The van der Waals surface area contributed by atoms with Crippen LogP contribution in [-0.2, 0) is 19.9 Å². The highest BCUT2D eigenvalue weighted by atomic mass is 35.5. The molecule has 3 amide bonds. The molecule has 2 aromatic carbocycles. The molecular formula is C20H17ClN3O4+. The number of benzene rings is 2. The number of halogens is 1. The van der Waals surface area contributed by atoms with Gasteiger partial charge in [0.1, 0.15) is 17.9 Å². The van der Waals surface area contributed by atoms with Crippen molar-refractivity contribution in [1.29, 1.82) is 0 Å². The summed E-state index contributed by atoms with van der Waals surface area (Å²) in [6, 6.07) is 13.0. The number of quaternary nitrogens is 1. The molecule has 0 unspecified atom stereocenters. The lowest BCUT2D eigenvalue weighted by atomic mass is 9.76. The standard InChI is InChI=1S/C20H16ClN3O4/c21-10-5-7-11(8-6-10)24-17(26)15-14(9-25)23-20(16(15)18(24)27)12-3-1-2-4-13(12)22-19(20)28/h1-8,14-16,23,25H,9H2,(H,22,28)/p+1/t14-,15-,16+,20-/m1/s1. The zero-order valence-corrected chi connectivity index (χ0v) is 15.4. The normalized spacial score (nSPS) is 30.7. The van der Waals surface area contributed by atoms with E-state index in [0.717, 1.165) is 4.90 Å². The molecule has 0 bridgehead atoms. The van der Waals surface area contributed by atoms with E-state index in [9.17, 15) is 19.5 Å². The predicted molar refractivity (Wildman–Crippen MR) is 100 cm³/mol. The molecule has 4 atom stereocenters. The smallest absolute Gasteiger partial charge is 0.291 e. The number of amides is 3. The van der Waals surface area contributed by atoms with Gasteiger partial charge in [-0.1, -0.05) is 29.8 Å². The minimum atomic E-state index is -1.26. The van der Waals surface area contributed by atoms with Crippen LogP contribution >= 0.6 is 11.6 Å². The number of rotatable bonds is 2. The number of nitrogens with zero attached hydrogens (tertiary/aromatic N) is 1. The van der Waals surface area contributed by atoms with Crippen LogP contribution in [0.2, 0.25) is 5.02 Å².